The standard InChI is InChI=1S/C16H19NO2/c17-10-9-16(18)14-6-4-5-13(11-14)12-19-15-7-2-1-3-8-15/h1-8,11,16,18H,9-10,12,17H2/t16-/m1/s1. The van der Waals surface area contributed by atoms with Gasteiger partial charge >= 0.3 is 0 Å². The van der Waals surface area contributed by atoms with Gasteiger partial charge in [0, 0.05) is 0 Å². The maximum absolute atomic E-state index is 9.91. The molecule has 2 aromatic carbocycles. The third kappa shape index (κ3) is 4.09. The molecule has 1 atom stereocenters. The number of benzene rings is 2. The molecule has 0 fully saturated rings. The van der Waals surface area contributed by atoms with Crippen molar-refractivity contribution in [1.29, 1.82) is 0 Å². The number of ether oxygens (including phenoxy) is 1. The van der Waals surface area contributed by atoms with Crippen LogP contribution in [0, 0.1) is 0 Å². The molecule has 0 amide bonds. The molecule has 2 rings (SSSR count). The van der Waals surface area contributed by atoms with Crippen molar-refractivity contribution < 1.29 is 9.84 Å². The fourth-order valence-corrected chi connectivity index (χ4v) is 1.90. The maximum atomic E-state index is 9.91. The minimum absolute atomic E-state index is 0.478. The van der Waals surface area contributed by atoms with Gasteiger partial charge in [-0.25, -0.2) is 0 Å². The van der Waals surface area contributed by atoms with Crippen LogP contribution in [0.1, 0.15) is 23.7 Å². The average Bonchev–Trinajstić information content (AvgIpc) is 2.47. The Hall–Kier alpha value is -1.84. The summed E-state index contributed by atoms with van der Waals surface area (Å²) in [7, 11) is 0. The smallest absolute Gasteiger partial charge is 0.119 e. The van der Waals surface area contributed by atoms with Crippen LogP contribution in [0.5, 0.6) is 5.75 Å². The molecule has 0 aliphatic carbocycles. The molecular weight excluding hydrogens is 238 g/mol. The monoisotopic (exact) mass is 257 g/mol. The van der Waals surface area contributed by atoms with Crippen molar-refractivity contribution in [3.8, 4) is 5.75 Å². The van der Waals surface area contributed by atoms with Gasteiger partial charge in [0.2, 0.25) is 0 Å². The Morgan fingerprint density at radius 3 is 2.58 bits per heavy atom. The molecule has 0 saturated heterocycles. The molecule has 3 heteroatoms. The zero-order chi connectivity index (χ0) is 13.5. The van der Waals surface area contributed by atoms with Gasteiger partial charge in [0.05, 0.1) is 6.10 Å². The van der Waals surface area contributed by atoms with Gasteiger partial charge in [0.1, 0.15) is 12.4 Å². The maximum Gasteiger partial charge on any atom is 0.119 e. The van der Waals surface area contributed by atoms with Gasteiger partial charge in [0.15, 0.2) is 0 Å². The Labute approximate surface area is 113 Å². The molecule has 0 aliphatic rings. The van der Waals surface area contributed by atoms with Crippen molar-refractivity contribution >= 4 is 0 Å². The topological polar surface area (TPSA) is 55.5 Å². The third-order valence-corrected chi connectivity index (χ3v) is 2.92. The largest absolute Gasteiger partial charge is 0.489 e. The van der Waals surface area contributed by atoms with E-state index < -0.39 is 6.10 Å². The van der Waals surface area contributed by atoms with E-state index in [1.807, 2.05) is 54.6 Å². The van der Waals surface area contributed by atoms with Crippen molar-refractivity contribution in [2.75, 3.05) is 6.54 Å². The zero-order valence-corrected chi connectivity index (χ0v) is 10.8. The molecule has 0 saturated carbocycles. The van der Waals surface area contributed by atoms with Crippen LogP contribution in [0.4, 0.5) is 0 Å². The summed E-state index contributed by atoms with van der Waals surface area (Å²) in [6.07, 6.45) is 0.0740. The van der Waals surface area contributed by atoms with Crippen molar-refractivity contribution in [3.63, 3.8) is 0 Å². The molecule has 0 spiro atoms. The number of nitrogens with two attached hydrogens (primary N) is 1. The lowest BCUT2D eigenvalue weighted by Crippen LogP contribution is -2.07. The van der Waals surface area contributed by atoms with Gasteiger partial charge in [-0.2, -0.15) is 0 Å². The number of aliphatic hydroxyl groups is 1. The molecule has 0 aromatic heterocycles. The summed E-state index contributed by atoms with van der Waals surface area (Å²) in [5, 5.41) is 9.91. The van der Waals surface area contributed by atoms with E-state index >= 15 is 0 Å². The lowest BCUT2D eigenvalue weighted by atomic mass is 10.0. The molecule has 19 heavy (non-hydrogen) atoms. The molecular formula is C16H19NO2. The second-order valence-electron chi connectivity index (χ2n) is 4.44. The Morgan fingerprint density at radius 1 is 1.05 bits per heavy atom. The summed E-state index contributed by atoms with van der Waals surface area (Å²) in [5.74, 6) is 0.843. The van der Waals surface area contributed by atoms with Gasteiger partial charge in [0.25, 0.3) is 0 Å². The predicted octanol–water partition coefficient (Wildman–Crippen LogP) is 2.65. The van der Waals surface area contributed by atoms with Crippen LogP contribution in [0.15, 0.2) is 54.6 Å². The van der Waals surface area contributed by atoms with Gasteiger partial charge in [-0.1, -0.05) is 36.4 Å². The summed E-state index contributed by atoms with van der Waals surface area (Å²) >= 11 is 0. The lowest BCUT2D eigenvalue weighted by Gasteiger charge is -2.12. The summed E-state index contributed by atoms with van der Waals surface area (Å²) in [6, 6.07) is 17.5. The van der Waals surface area contributed by atoms with E-state index in [1.54, 1.807) is 0 Å². The number of hydrogen-bond acceptors (Lipinski definition) is 3. The SMILES string of the molecule is NCC[C@@H](O)c1cccc(COc2ccccc2)c1. The van der Waals surface area contributed by atoms with Crippen molar-refractivity contribution in [2.45, 2.75) is 19.1 Å². The van der Waals surface area contributed by atoms with Crippen LogP contribution in [0.2, 0.25) is 0 Å². The zero-order valence-electron chi connectivity index (χ0n) is 10.8. The number of para-hydroxylation sites is 1. The van der Waals surface area contributed by atoms with Crippen LogP contribution < -0.4 is 10.5 Å². The van der Waals surface area contributed by atoms with Crippen LogP contribution in [0.3, 0.4) is 0 Å². The highest BCUT2D eigenvalue weighted by Crippen LogP contribution is 2.18. The quantitative estimate of drug-likeness (QED) is 0.836. The number of rotatable bonds is 6. The first kappa shape index (κ1) is 13.6. The Bertz CT molecular complexity index is 499. The Morgan fingerprint density at radius 2 is 1.84 bits per heavy atom. The van der Waals surface area contributed by atoms with E-state index in [4.69, 9.17) is 10.5 Å². The highest BCUT2D eigenvalue weighted by atomic mass is 16.5. The van der Waals surface area contributed by atoms with E-state index in [-0.39, 0.29) is 0 Å². The Kier molecular flexibility index (Phi) is 4.95. The van der Waals surface area contributed by atoms with E-state index in [2.05, 4.69) is 0 Å². The lowest BCUT2D eigenvalue weighted by molar-refractivity contribution is 0.170. The Balaban J connectivity index is 1.99. The van der Waals surface area contributed by atoms with Gasteiger partial charge in [-0.15, -0.1) is 0 Å². The van der Waals surface area contributed by atoms with Gasteiger partial charge < -0.3 is 15.6 Å². The normalized spacial score (nSPS) is 12.1. The molecule has 3 N–H and O–H groups in total. The fraction of sp³-hybridized carbons (Fsp3) is 0.250. The average molecular weight is 257 g/mol. The number of aliphatic hydroxyl groups excluding tert-OH is 1. The summed E-state index contributed by atoms with van der Waals surface area (Å²) in [6.45, 7) is 0.971. The third-order valence-electron chi connectivity index (χ3n) is 2.92. The molecule has 3 nitrogen and oxygen atoms in total. The van der Waals surface area contributed by atoms with E-state index in [0.29, 0.717) is 19.6 Å². The minimum Gasteiger partial charge on any atom is -0.489 e. The van der Waals surface area contributed by atoms with Crippen molar-refractivity contribution in [1.82, 2.24) is 0 Å². The predicted molar refractivity (Wildman–Crippen MR) is 75.8 cm³/mol. The molecule has 0 unspecified atom stereocenters. The summed E-state index contributed by atoms with van der Waals surface area (Å²) in [4.78, 5) is 0. The van der Waals surface area contributed by atoms with Crippen molar-refractivity contribution in [3.05, 3.63) is 65.7 Å². The second kappa shape index (κ2) is 6.92. The second-order valence-corrected chi connectivity index (χ2v) is 4.44. The highest BCUT2D eigenvalue weighted by molar-refractivity contribution is 5.26. The van der Waals surface area contributed by atoms with E-state index in [9.17, 15) is 5.11 Å². The molecule has 100 valence electrons. The van der Waals surface area contributed by atoms with Crippen LogP contribution in [-0.4, -0.2) is 11.7 Å². The van der Waals surface area contributed by atoms with Crippen LogP contribution in [-0.2, 0) is 6.61 Å². The first-order valence-corrected chi connectivity index (χ1v) is 6.44. The first-order valence-electron chi connectivity index (χ1n) is 6.44. The van der Waals surface area contributed by atoms with Gasteiger partial charge in [-0.3, -0.25) is 0 Å². The van der Waals surface area contributed by atoms with E-state index in [1.165, 1.54) is 0 Å². The summed E-state index contributed by atoms with van der Waals surface area (Å²) in [5.41, 5.74) is 7.38. The molecule has 0 heterocycles. The van der Waals surface area contributed by atoms with Crippen LogP contribution in [0.25, 0.3) is 0 Å². The first-order chi connectivity index (χ1) is 9.29. The van der Waals surface area contributed by atoms with Crippen molar-refractivity contribution in [2.24, 2.45) is 5.73 Å². The number of hydrogen-bond donors (Lipinski definition) is 2. The van der Waals surface area contributed by atoms with E-state index in [0.717, 1.165) is 16.9 Å². The molecule has 0 bridgehead atoms. The molecule has 0 radical (unpaired) electrons. The highest BCUT2D eigenvalue weighted by Gasteiger charge is 2.07. The van der Waals surface area contributed by atoms with Crippen LogP contribution >= 0.6 is 0 Å². The van der Waals surface area contributed by atoms with Gasteiger partial charge in [-0.05, 0) is 42.3 Å². The summed E-state index contributed by atoms with van der Waals surface area (Å²) < 4.78 is 5.68. The molecule has 2 aromatic rings. The molecule has 0 aliphatic heterocycles. The fourth-order valence-electron chi connectivity index (χ4n) is 1.90. The minimum atomic E-state index is -0.498.